The van der Waals surface area contributed by atoms with Gasteiger partial charge in [0.1, 0.15) is 5.75 Å². The number of aryl methyl sites for hydroxylation is 1. The van der Waals surface area contributed by atoms with E-state index >= 15 is 0 Å². The van der Waals surface area contributed by atoms with Gasteiger partial charge in [0.15, 0.2) is 11.1 Å². The van der Waals surface area contributed by atoms with E-state index < -0.39 is 11.1 Å². The topological polar surface area (TPSA) is 75.6 Å². The Hall–Kier alpha value is -1.40. The first-order valence-electron chi connectivity index (χ1n) is 8.10. The molecule has 128 valence electrons. The zero-order chi connectivity index (χ0) is 16.8. The molecular formula is C17H25NO4S. The van der Waals surface area contributed by atoms with Crippen LogP contribution in [0.15, 0.2) is 12.1 Å². The minimum atomic E-state index is -1.29. The molecule has 6 heteroatoms. The molecule has 2 rings (SSSR count). The fraction of sp³-hybridized carbons (Fsp3) is 0.588. The first kappa shape index (κ1) is 17.9. The zero-order valence-corrected chi connectivity index (χ0v) is 14.6. The van der Waals surface area contributed by atoms with Crippen LogP contribution in [0.3, 0.4) is 0 Å². The SMILES string of the molecule is CCC(=O)NCCC1CCc2ccc(O)c(CCOS(C)=O)c21. The summed E-state index contributed by atoms with van der Waals surface area (Å²) in [4.78, 5) is 11.4. The molecule has 5 nitrogen and oxygen atoms in total. The molecule has 2 N–H and O–H groups in total. The van der Waals surface area contributed by atoms with E-state index in [0.717, 1.165) is 24.8 Å². The summed E-state index contributed by atoms with van der Waals surface area (Å²) in [6, 6.07) is 3.72. The summed E-state index contributed by atoms with van der Waals surface area (Å²) >= 11 is -1.29. The van der Waals surface area contributed by atoms with Crippen LogP contribution in [-0.4, -0.2) is 34.6 Å². The highest BCUT2D eigenvalue weighted by molar-refractivity contribution is 7.79. The lowest BCUT2D eigenvalue weighted by atomic mass is 9.91. The molecule has 1 aromatic rings. The van der Waals surface area contributed by atoms with Crippen LogP contribution in [0.1, 0.15) is 48.8 Å². The number of hydrogen-bond donors (Lipinski definition) is 2. The molecule has 0 heterocycles. The summed E-state index contributed by atoms with van der Waals surface area (Å²) < 4.78 is 16.2. The number of nitrogens with one attached hydrogen (secondary N) is 1. The summed E-state index contributed by atoms with van der Waals surface area (Å²) in [5.41, 5.74) is 3.36. The van der Waals surface area contributed by atoms with Crippen LogP contribution in [-0.2, 0) is 32.9 Å². The van der Waals surface area contributed by atoms with Crippen LogP contribution < -0.4 is 5.32 Å². The summed E-state index contributed by atoms with van der Waals surface area (Å²) in [6.07, 6.45) is 5.44. The predicted molar refractivity (Wildman–Crippen MR) is 90.8 cm³/mol. The molecule has 0 aliphatic heterocycles. The van der Waals surface area contributed by atoms with Crippen LogP contribution in [0.25, 0.3) is 0 Å². The summed E-state index contributed by atoms with van der Waals surface area (Å²) in [7, 11) is 0. The van der Waals surface area contributed by atoms with E-state index in [1.54, 1.807) is 6.07 Å². The maximum absolute atomic E-state index is 11.4. The monoisotopic (exact) mass is 339 g/mol. The fourth-order valence-electron chi connectivity index (χ4n) is 3.23. The molecule has 1 aliphatic carbocycles. The van der Waals surface area contributed by atoms with Crippen LogP contribution >= 0.6 is 0 Å². The molecule has 0 aromatic heterocycles. The fourth-order valence-corrected chi connectivity index (χ4v) is 3.54. The minimum absolute atomic E-state index is 0.0678. The van der Waals surface area contributed by atoms with Gasteiger partial charge in [0, 0.05) is 25.6 Å². The van der Waals surface area contributed by atoms with Crippen LogP contribution in [0.2, 0.25) is 0 Å². The Balaban J connectivity index is 2.07. The lowest BCUT2D eigenvalue weighted by molar-refractivity contribution is -0.120. The van der Waals surface area contributed by atoms with Gasteiger partial charge < -0.3 is 10.4 Å². The first-order valence-corrected chi connectivity index (χ1v) is 9.58. The standard InChI is InChI=1S/C17H25NO4S/c1-3-16(20)18-10-8-13-5-4-12-6-7-15(19)14(17(12)13)9-11-22-23(2)21/h6-7,13,19H,3-5,8-11H2,1-2H3,(H,18,20). The molecule has 1 aliphatic rings. The molecule has 0 fully saturated rings. The van der Waals surface area contributed by atoms with E-state index in [-0.39, 0.29) is 11.7 Å². The van der Waals surface area contributed by atoms with Crippen molar-refractivity contribution in [3.63, 3.8) is 0 Å². The highest BCUT2D eigenvalue weighted by Gasteiger charge is 2.26. The van der Waals surface area contributed by atoms with Gasteiger partial charge in [-0.1, -0.05) is 13.0 Å². The average Bonchev–Trinajstić information content (AvgIpc) is 2.92. The molecule has 0 bridgehead atoms. The Morgan fingerprint density at radius 2 is 2.26 bits per heavy atom. The quantitative estimate of drug-likeness (QED) is 0.761. The maximum Gasteiger partial charge on any atom is 0.219 e. The third kappa shape index (κ3) is 4.78. The van der Waals surface area contributed by atoms with Gasteiger partial charge in [0.05, 0.1) is 6.61 Å². The van der Waals surface area contributed by atoms with E-state index in [1.807, 2.05) is 13.0 Å². The Bertz CT molecular complexity index is 588. The van der Waals surface area contributed by atoms with Gasteiger partial charge in [-0.3, -0.25) is 8.98 Å². The van der Waals surface area contributed by atoms with Gasteiger partial charge in [-0.2, -0.15) is 0 Å². The highest BCUT2D eigenvalue weighted by Crippen LogP contribution is 2.41. The van der Waals surface area contributed by atoms with Crippen molar-refractivity contribution in [2.24, 2.45) is 0 Å². The lowest BCUT2D eigenvalue weighted by Gasteiger charge is -2.17. The van der Waals surface area contributed by atoms with Crippen LogP contribution in [0, 0.1) is 0 Å². The van der Waals surface area contributed by atoms with Gasteiger partial charge in [-0.05, 0) is 47.9 Å². The third-order valence-corrected chi connectivity index (χ3v) is 4.83. The van der Waals surface area contributed by atoms with Crippen molar-refractivity contribution in [3.8, 4) is 5.75 Å². The molecule has 0 saturated heterocycles. The van der Waals surface area contributed by atoms with Gasteiger partial charge >= 0.3 is 0 Å². The Morgan fingerprint density at radius 3 is 2.96 bits per heavy atom. The molecule has 0 saturated carbocycles. The minimum Gasteiger partial charge on any atom is -0.508 e. The lowest BCUT2D eigenvalue weighted by Crippen LogP contribution is -2.24. The van der Waals surface area contributed by atoms with E-state index in [0.29, 0.717) is 31.9 Å². The molecule has 2 unspecified atom stereocenters. The smallest absolute Gasteiger partial charge is 0.219 e. The van der Waals surface area contributed by atoms with Crippen molar-refractivity contribution in [3.05, 3.63) is 28.8 Å². The Morgan fingerprint density at radius 1 is 1.48 bits per heavy atom. The molecule has 1 aromatic carbocycles. The molecular weight excluding hydrogens is 314 g/mol. The number of benzene rings is 1. The number of carbonyl (C=O) groups excluding carboxylic acids is 1. The summed E-state index contributed by atoms with van der Waals surface area (Å²) in [6.45, 7) is 2.82. The predicted octanol–water partition coefficient (Wildman–Crippen LogP) is 2.19. The van der Waals surface area contributed by atoms with E-state index in [2.05, 4.69) is 5.32 Å². The van der Waals surface area contributed by atoms with E-state index in [1.165, 1.54) is 17.4 Å². The number of rotatable bonds is 8. The number of phenolic OH excluding ortho intramolecular Hbond substituents is 1. The van der Waals surface area contributed by atoms with Crippen molar-refractivity contribution >= 4 is 17.0 Å². The second-order valence-corrected chi connectivity index (χ2v) is 6.88. The van der Waals surface area contributed by atoms with E-state index in [9.17, 15) is 14.1 Å². The summed E-state index contributed by atoms with van der Waals surface area (Å²) in [5.74, 6) is 0.688. The average molecular weight is 339 g/mol. The van der Waals surface area contributed by atoms with Crippen molar-refractivity contribution in [1.82, 2.24) is 5.32 Å². The van der Waals surface area contributed by atoms with Crippen molar-refractivity contribution in [2.45, 2.75) is 44.9 Å². The molecule has 0 spiro atoms. The number of phenols is 1. The van der Waals surface area contributed by atoms with Crippen LogP contribution in [0.4, 0.5) is 0 Å². The highest BCUT2D eigenvalue weighted by atomic mass is 32.2. The van der Waals surface area contributed by atoms with Gasteiger partial charge in [0.2, 0.25) is 5.91 Å². The van der Waals surface area contributed by atoms with E-state index in [4.69, 9.17) is 4.18 Å². The second kappa shape index (κ2) is 8.45. The van der Waals surface area contributed by atoms with Crippen molar-refractivity contribution in [2.75, 3.05) is 19.4 Å². The maximum atomic E-state index is 11.4. The van der Waals surface area contributed by atoms with Crippen molar-refractivity contribution < 1.29 is 18.3 Å². The Kier molecular flexibility index (Phi) is 6.59. The van der Waals surface area contributed by atoms with Crippen LogP contribution in [0.5, 0.6) is 5.75 Å². The number of carbonyl (C=O) groups is 1. The zero-order valence-electron chi connectivity index (χ0n) is 13.8. The van der Waals surface area contributed by atoms with Gasteiger partial charge in [0.25, 0.3) is 0 Å². The Labute approximate surface area is 140 Å². The molecule has 0 radical (unpaired) electrons. The third-order valence-electron chi connectivity index (χ3n) is 4.33. The normalized spacial score (nSPS) is 17.7. The largest absolute Gasteiger partial charge is 0.508 e. The first-order chi connectivity index (χ1) is 11.0. The van der Waals surface area contributed by atoms with Gasteiger partial charge in [-0.15, -0.1) is 0 Å². The number of fused-ring (bicyclic) bond motifs is 1. The van der Waals surface area contributed by atoms with Crippen molar-refractivity contribution in [1.29, 1.82) is 0 Å². The molecule has 1 amide bonds. The number of aromatic hydroxyl groups is 1. The molecule has 23 heavy (non-hydrogen) atoms. The second-order valence-electron chi connectivity index (χ2n) is 5.84. The molecule has 2 atom stereocenters. The van der Waals surface area contributed by atoms with Gasteiger partial charge in [-0.25, -0.2) is 4.21 Å². The number of hydrogen-bond acceptors (Lipinski definition) is 4. The summed E-state index contributed by atoms with van der Waals surface area (Å²) in [5, 5.41) is 13.1. The number of amides is 1.